The van der Waals surface area contributed by atoms with Gasteiger partial charge in [0.25, 0.3) is 0 Å². The topological polar surface area (TPSA) is 150 Å². The quantitative estimate of drug-likeness (QED) is 0.251. The van der Waals surface area contributed by atoms with Crippen molar-refractivity contribution >= 4 is 17.5 Å². The van der Waals surface area contributed by atoms with Gasteiger partial charge in [-0.05, 0) is 18.2 Å². The van der Waals surface area contributed by atoms with E-state index in [1.807, 2.05) is 0 Å². The van der Waals surface area contributed by atoms with Gasteiger partial charge in [0, 0.05) is 5.56 Å². The summed E-state index contributed by atoms with van der Waals surface area (Å²) >= 11 is 0. The minimum Gasteiger partial charge on any atom is -0.504 e. The molecule has 0 spiro atoms. The molecule has 0 amide bonds. The third-order valence-electron chi connectivity index (χ3n) is 4.22. The van der Waals surface area contributed by atoms with Crippen LogP contribution in [0.5, 0.6) is 23.3 Å². The highest BCUT2D eigenvalue weighted by Crippen LogP contribution is 2.32. The van der Waals surface area contributed by atoms with E-state index in [4.69, 9.17) is 24.1 Å². The van der Waals surface area contributed by atoms with Gasteiger partial charge in [-0.1, -0.05) is 30.3 Å². The number of aliphatic carboxylic acids is 1. The molecular weight excluding hydrogens is 482 g/mol. The summed E-state index contributed by atoms with van der Waals surface area (Å²) < 4.78 is 25.7. The van der Waals surface area contributed by atoms with E-state index in [2.05, 4.69) is 20.8 Å². The van der Waals surface area contributed by atoms with Crippen molar-refractivity contribution in [3.05, 3.63) is 90.7 Å². The number of nitrogens with zero attached hydrogens (tertiary/aromatic N) is 3. The Kier molecular flexibility index (Phi) is 11.1. The number of hydrogen-bond donors (Lipinski definition) is 1. The second-order valence-electron chi connectivity index (χ2n) is 6.64. The molecule has 0 atom stereocenters. The zero-order chi connectivity index (χ0) is 27.0. The first-order valence-electron chi connectivity index (χ1n) is 10.4. The number of ether oxygens (including phenoxy) is 5. The highest BCUT2D eigenvalue weighted by atomic mass is 16.5. The van der Waals surface area contributed by atoms with Gasteiger partial charge < -0.3 is 28.8 Å². The highest BCUT2D eigenvalue weighted by molar-refractivity contribution is 6.17. The largest absolute Gasteiger partial charge is 0.504 e. The maximum Gasteiger partial charge on any atom is 0.341 e. The van der Waals surface area contributed by atoms with Crippen molar-refractivity contribution in [3.8, 4) is 29.3 Å². The van der Waals surface area contributed by atoms with Crippen LogP contribution in [-0.4, -0.2) is 48.3 Å². The van der Waals surface area contributed by atoms with Crippen molar-refractivity contribution in [1.29, 1.82) is 5.26 Å². The Bertz CT molecular complexity index is 1310. The number of esters is 1. The van der Waals surface area contributed by atoms with E-state index in [0.717, 1.165) is 12.3 Å². The first-order valence-corrected chi connectivity index (χ1v) is 10.4. The van der Waals surface area contributed by atoms with Gasteiger partial charge in [-0.15, -0.1) is 0 Å². The summed E-state index contributed by atoms with van der Waals surface area (Å²) in [7, 11) is 4.10. The van der Waals surface area contributed by atoms with E-state index in [0.29, 0.717) is 22.6 Å². The molecule has 0 bridgehead atoms. The lowest BCUT2D eigenvalue weighted by Crippen LogP contribution is -2.06. The summed E-state index contributed by atoms with van der Waals surface area (Å²) in [5.74, 6) is -0.478. The summed E-state index contributed by atoms with van der Waals surface area (Å²) in [6.45, 7) is 0. The lowest BCUT2D eigenvalue weighted by Gasteiger charge is -2.12. The molecule has 0 radical (unpaired) electrons. The van der Waals surface area contributed by atoms with Crippen LogP contribution in [0.4, 0.5) is 0 Å². The predicted octanol–water partition coefficient (Wildman–Crippen LogP) is 4.32. The van der Waals surface area contributed by atoms with Gasteiger partial charge in [0.05, 0.1) is 51.6 Å². The minimum absolute atomic E-state index is 0.184. The van der Waals surface area contributed by atoms with Crippen LogP contribution in [0.3, 0.4) is 0 Å². The van der Waals surface area contributed by atoms with Crippen molar-refractivity contribution < 1.29 is 38.4 Å². The van der Waals surface area contributed by atoms with Crippen LogP contribution in [0, 0.1) is 11.3 Å². The first-order chi connectivity index (χ1) is 17.9. The van der Waals surface area contributed by atoms with E-state index in [1.165, 1.54) is 40.0 Å². The molecular formula is C26H23N3O8. The van der Waals surface area contributed by atoms with E-state index in [9.17, 15) is 14.9 Å². The average molecular weight is 505 g/mol. The van der Waals surface area contributed by atoms with E-state index < -0.39 is 11.9 Å². The summed E-state index contributed by atoms with van der Waals surface area (Å²) in [6, 6.07) is 17.2. The fourth-order valence-electron chi connectivity index (χ4n) is 2.66. The van der Waals surface area contributed by atoms with E-state index in [-0.39, 0.29) is 17.3 Å². The molecule has 11 heteroatoms. The molecule has 0 aliphatic heterocycles. The number of hydrogen-bond acceptors (Lipinski definition) is 10. The number of carboxylic acid groups (broad SMARTS) is 1. The van der Waals surface area contributed by atoms with Gasteiger partial charge in [-0.25, -0.2) is 19.6 Å². The number of benzene rings is 2. The fraction of sp³-hybridized carbons (Fsp3) is 0.115. The standard InChI is InChI=1S/C22H17N3O5.C4H6O3/c1-27-13-17(22(26)28-2)16-8-4-6-10-19(16)30-21-11-20(24-14-25-21)29-18-9-5-3-7-15(18)12-23;1-7-3-2-4(5)6/h3-11,13-14H,1-2H3;2-3H,1H3,(H,5,6)/b17-13+;3-2+. The molecule has 0 aliphatic rings. The van der Waals surface area contributed by atoms with Crippen LogP contribution in [0.1, 0.15) is 11.1 Å². The van der Waals surface area contributed by atoms with Crippen molar-refractivity contribution in [3.63, 3.8) is 0 Å². The summed E-state index contributed by atoms with van der Waals surface area (Å²) in [5.41, 5.74) is 1.02. The Balaban J connectivity index is 0.000000604. The summed E-state index contributed by atoms with van der Waals surface area (Å²) in [4.78, 5) is 29.9. The van der Waals surface area contributed by atoms with Crippen LogP contribution in [0.2, 0.25) is 0 Å². The third-order valence-corrected chi connectivity index (χ3v) is 4.22. The molecule has 0 saturated heterocycles. The molecule has 1 heterocycles. The Morgan fingerprint density at radius 2 is 1.54 bits per heavy atom. The minimum atomic E-state index is -0.998. The summed E-state index contributed by atoms with van der Waals surface area (Å²) in [5, 5.41) is 17.1. The van der Waals surface area contributed by atoms with E-state index in [1.54, 1.807) is 48.5 Å². The molecule has 2 aromatic carbocycles. The zero-order valence-electron chi connectivity index (χ0n) is 20.2. The number of methoxy groups -OCH3 is 3. The lowest BCUT2D eigenvalue weighted by molar-refractivity contribution is -0.134. The summed E-state index contributed by atoms with van der Waals surface area (Å²) in [6.07, 6.45) is 4.57. The average Bonchev–Trinajstić information content (AvgIpc) is 2.91. The van der Waals surface area contributed by atoms with Crippen molar-refractivity contribution in [1.82, 2.24) is 9.97 Å². The molecule has 3 aromatic rings. The molecule has 3 rings (SSSR count). The molecule has 1 aromatic heterocycles. The number of nitriles is 1. The monoisotopic (exact) mass is 505 g/mol. The molecule has 0 saturated carbocycles. The Labute approximate surface area is 212 Å². The Morgan fingerprint density at radius 3 is 2.11 bits per heavy atom. The maximum absolute atomic E-state index is 12.1. The highest BCUT2D eigenvalue weighted by Gasteiger charge is 2.18. The lowest BCUT2D eigenvalue weighted by atomic mass is 10.1. The Hall–Kier alpha value is -5.37. The number of rotatable bonds is 9. The molecule has 0 unspecified atom stereocenters. The maximum atomic E-state index is 12.1. The zero-order valence-corrected chi connectivity index (χ0v) is 20.2. The van der Waals surface area contributed by atoms with Crippen molar-refractivity contribution in [2.24, 2.45) is 0 Å². The molecule has 190 valence electrons. The van der Waals surface area contributed by atoms with Crippen LogP contribution < -0.4 is 9.47 Å². The van der Waals surface area contributed by atoms with Crippen LogP contribution in [-0.2, 0) is 23.8 Å². The van der Waals surface area contributed by atoms with Crippen LogP contribution in [0.15, 0.2) is 79.5 Å². The van der Waals surface area contributed by atoms with Crippen molar-refractivity contribution in [2.45, 2.75) is 0 Å². The normalized spacial score (nSPS) is 10.4. The van der Waals surface area contributed by atoms with Gasteiger partial charge >= 0.3 is 11.9 Å². The number of carbonyl (C=O) groups is 2. The fourth-order valence-corrected chi connectivity index (χ4v) is 2.66. The number of aromatic nitrogens is 2. The molecule has 0 fully saturated rings. The number of para-hydroxylation sites is 2. The van der Waals surface area contributed by atoms with Gasteiger partial charge in [0.2, 0.25) is 11.8 Å². The van der Waals surface area contributed by atoms with Crippen molar-refractivity contribution in [2.75, 3.05) is 21.3 Å². The van der Waals surface area contributed by atoms with Crippen LogP contribution >= 0.6 is 0 Å². The second-order valence-corrected chi connectivity index (χ2v) is 6.64. The predicted molar refractivity (Wildman–Crippen MR) is 131 cm³/mol. The number of carboxylic acids is 1. The van der Waals surface area contributed by atoms with Gasteiger partial charge in [0.15, 0.2) is 0 Å². The Morgan fingerprint density at radius 1 is 0.919 bits per heavy atom. The second kappa shape index (κ2) is 14.8. The van der Waals surface area contributed by atoms with Gasteiger partial charge in [-0.2, -0.15) is 5.26 Å². The molecule has 11 nitrogen and oxygen atoms in total. The molecule has 37 heavy (non-hydrogen) atoms. The van der Waals surface area contributed by atoms with E-state index >= 15 is 0 Å². The third kappa shape index (κ3) is 8.73. The first kappa shape index (κ1) is 27.9. The SMILES string of the molecule is CO/C=C(/C(=O)OC)c1ccccc1Oc1cc(Oc2ccccc2C#N)ncn1.CO/C=C/C(=O)O. The molecule has 1 N–H and O–H groups in total. The molecule has 0 aliphatic carbocycles. The smallest absolute Gasteiger partial charge is 0.341 e. The number of carbonyl (C=O) groups excluding carboxylic acids is 1. The van der Waals surface area contributed by atoms with Crippen LogP contribution in [0.25, 0.3) is 5.57 Å². The van der Waals surface area contributed by atoms with Gasteiger partial charge in [0.1, 0.15) is 29.5 Å². The van der Waals surface area contributed by atoms with Gasteiger partial charge in [-0.3, -0.25) is 0 Å².